The molecule has 0 atom stereocenters. The van der Waals surface area contributed by atoms with Crippen LogP contribution in [0.15, 0.2) is 54.6 Å². The molecule has 4 heteroatoms. The monoisotopic (exact) mass is 374 g/mol. The van der Waals surface area contributed by atoms with Gasteiger partial charge in [-0.05, 0) is 54.4 Å². The zero-order valence-electron chi connectivity index (χ0n) is 16.9. The minimum Gasteiger partial charge on any atom is -0.486 e. The van der Waals surface area contributed by atoms with Gasteiger partial charge in [0.15, 0.2) is 0 Å². The molecule has 0 heterocycles. The summed E-state index contributed by atoms with van der Waals surface area (Å²) in [7, 11) is 4.05. The van der Waals surface area contributed by atoms with Gasteiger partial charge in [-0.2, -0.15) is 5.26 Å². The van der Waals surface area contributed by atoms with Gasteiger partial charge in [0.05, 0.1) is 0 Å². The molecule has 0 saturated carbocycles. The van der Waals surface area contributed by atoms with Crippen molar-refractivity contribution in [3.05, 3.63) is 60.2 Å². The van der Waals surface area contributed by atoms with Gasteiger partial charge >= 0.3 is 0 Å². The number of fused-ring (bicyclic) bond motifs is 1. The Hall–Kier alpha value is -3.03. The lowest BCUT2D eigenvalue weighted by Gasteiger charge is -2.26. The first kappa shape index (κ1) is 19.7. The summed E-state index contributed by atoms with van der Waals surface area (Å²) in [5.41, 5.74) is 2.94. The second kappa shape index (κ2) is 7.92. The standard InChI is InChI=1S/C24H26N2O2/c1-24(2,12-13-27)28-23-7-5-6-21(22(23)16-25)19-9-8-18-15-20(26(3)4)11-10-17(18)14-19/h5-11,14-15,27H,12-13H2,1-4H3. The zero-order valence-corrected chi connectivity index (χ0v) is 16.9. The second-order valence-corrected chi connectivity index (χ2v) is 7.77. The molecule has 3 rings (SSSR count). The number of benzene rings is 3. The number of nitriles is 1. The molecule has 0 aliphatic rings. The summed E-state index contributed by atoms with van der Waals surface area (Å²) < 4.78 is 6.07. The van der Waals surface area contributed by atoms with E-state index in [9.17, 15) is 10.4 Å². The van der Waals surface area contributed by atoms with Crippen LogP contribution < -0.4 is 9.64 Å². The molecule has 0 aliphatic heterocycles. The lowest BCUT2D eigenvalue weighted by atomic mass is 9.96. The molecule has 144 valence electrons. The molecule has 3 aromatic rings. The molecule has 0 unspecified atom stereocenters. The number of aliphatic hydroxyl groups excluding tert-OH is 1. The number of ether oxygens (including phenoxy) is 1. The number of anilines is 1. The van der Waals surface area contributed by atoms with E-state index < -0.39 is 5.60 Å². The third kappa shape index (κ3) is 4.11. The van der Waals surface area contributed by atoms with Crippen LogP contribution in [0.5, 0.6) is 5.75 Å². The number of rotatable bonds is 6. The Labute approximate surface area is 166 Å². The molecule has 3 aromatic carbocycles. The highest BCUT2D eigenvalue weighted by Gasteiger charge is 2.22. The van der Waals surface area contributed by atoms with Crippen molar-refractivity contribution >= 4 is 16.5 Å². The summed E-state index contributed by atoms with van der Waals surface area (Å²) in [4.78, 5) is 2.08. The maximum absolute atomic E-state index is 9.81. The van der Waals surface area contributed by atoms with E-state index in [-0.39, 0.29) is 6.61 Å². The van der Waals surface area contributed by atoms with Crippen molar-refractivity contribution in [1.29, 1.82) is 5.26 Å². The molecule has 28 heavy (non-hydrogen) atoms. The van der Waals surface area contributed by atoms with E-state index >= 15 is 0 Å². The largest absolute Gasteiger partial charge is 0.486 e. The first-order valence-electron chi connectivity index (χ1n) is 9.39. The van der Waals surface area contributed by atoms with Gasteiger partial charge in [0.1, 0.15) is 23.0 Å². The number of hydrogen-bond donors (Lipinski definition) is 1. The summed E-state index contributed by atoms with van der Waals surface area (Å²) in [6, 6.07) is 20.5. The second-order valence-electron chi connectivity index (χ2n) is 7.77. The molecule has 0 aromatic heterocycles. The highest BCUT2D eigenvalue weighted by atomic mass is 16.5. The van der Waals surface area contributed by atoms with Crippen LogP contribution in [-0.2, 0) is 0 Å². The zero-order chi connectivity index (χ0) is 20.3. The Balaban J connectivity index is 2.05. The highest BCUT2D eigenvalue weighted by molar-refractivity contribution is 5.90. The van der Waals surface area contributed by atoms with Crippen molar-refractivity contribution in [3.8, 4) is 22.9 Å². The summed E-state index contributed by atoms with van der Waals surface area (Å²) in [5, 5.41) is 21.3. The van der Waals surface area contributed by atoms with E-state index in [1.807, 2.05) is 52.2 Å². The van der Waals surface area contributed by atoms with Gasteiger partial charge in [-0.15, -0.1) is 0 Å². The molecule has 0 saturated heterocycles. The van der Waals surface area contributed by atoms with Crippen LogP contribution in [0.1, 0.15) is 25.8 Å². The molecule has 0 spiro atoms. The van der Waals surface area contributed by atoms with Gasteiger partial charge in [-0.1, -0.05) is 30.3 Å². The predicted octanol–water partition coefficient (Wildman–Crippen LogP) is 4.98. The maximum atomic E-state index is 9.81. The highest BCUT2D eigenvalue weighted by Crippen LogP contribution is 2.34. The van der Waals surface area contributed by atoms with E-state index in [0.717, 1.165) is 27.6 Å². The summed E-state index contributed by atoms with van der Waals surface area (Å²) in [6.45, 7) is 3.86. The van der Waals surface area contributed by atoms with E-state index in [4.69, 9.17) is 4.74 Å². The van der Waals surface area contributed by atoms with Gasteiger partial charge in [0.25, 0.3) is 0 Å². The molecule has 0 bridgehead atoms. The van der Waals surface area contributed by atoms with Crippen LogP contribution >= 0.6 is 0 Å². The molecule has 0 fully saturated rings. The predicted molar refractivity (Wildman–Crippen MR) is 115 cm³/mol. The Morgan fingerprint density at radius 2 is 1.75 bits per heavy atom. The fraction of sp³-hybridized carbons (Fsp3) is 0.292. The fourth-order valence-electron chi connectivity index (χ4n) is 3.27. The maximum Gasteiger partial charge on any atom is 0.138 e. The number of aliphatic hydroxyl groups is 1. The topological polar surface area (TPSA) is 56.5 Å². The van der Waals surface area contributed by atoms with Gasteiger partial charge in [-0.3, -0.25) is 0 Å². The number of nitrogens with zero attached hydrogens (tertiary/aromatic N) is 2. The van der Waals surface area contributed by atoms with Crippen molar-refractivity contribution in [2.45, 2.75) is 25.9 Å². The molecule has 1 N–H and O–H groups in total. The van der Waals surface area contributed by atoms with E-state index in [0.29, 0.717) is 17.7 Å². The van der Waals surface area contributed by atoms with Crippen molar-refractivity contribution in [1.82, 2.24) is 0 Å². The van der Waals surface area contributed by atoms with Crippen LogP contribution in [0.25, 0.3) is 21.9 Å². The minimum absolute atomic E-state index is 0.0359. The Morgan fingerprint density at radius 1 is 1.04 bits per heavy atom. The van der Waals surface area contributed by atoms with Gasteiger partial charge in [0, 0.05) is 38.4 Å². The van der Waals surface area contributed by atoms with Crippen LogP contribution in [0.3, 0.4) is 0 Å². The summed E-state index contributed by atoms with van der Waals surface area (Å²) in [6.07, 6.45) is 0.492. The van der Waals surface area contributed by atoms with Crippen molar-refractivity contribution in [2.75, 3.05) is 25.6 Å². The van der Waals surface area contributed by atoms with Crippen molar-refractivity contribution in [3.63, 3.8) is 0 Å². The van der Waals surface area contributed by atoms with E-state index in [1.54, 1.807) is 0 Å². The number of hydrogen-bond acceptors (Lipinski definition) is 4. The third-order valence-electron chi connectivity index (χ3n) is 4.89. The molecule has 0 amide bonds. The fourth-order valence-corrected chi connectivity index (χ4v) is 3.27. The molecular weight excluding hydrogens is 348 g/mol. The smallest absolute Gasteiger partial charge is 0.138 e. The van der Waals surface area contributed by atoms with Crippen LogP contribution in [0.2, 0.25) is 0 Å². The summed E-state index contributed by atoms with van der Waals surface area (Å²) in [5.74, 6) is 0.543. The Morgan fingerprint density at radius 3 is 2.43 bits per heavy atom. The average molecular weight is 374 g/mol. The molecule has 0 radical (unpaired) electrons. The molecular formula is C24H26N2O2. The van der Waals surface area contributed by atoms with Crippen LogP contribution in [-0.4, -0.2) is 31.4 Å². The first-order valence-corrected chi connectivity index (χ1v) is 9.39. The Kier molecular flexibility index (Phi) is 5.58. The molecule has 0 aliphatic carbocycles. The average Bonchev–Trinajstić information content (AvgIpc) is 2.66. The summed E-state index contributed by atoms with van der Waals surface area (Å²) >= 11 is 0. The van der Waals surface area contributed by atoms with Gasteiger partial charge in [-0.25, -0.2) is 0 Å². The first-order chi connectivity index (χ1) is 13.3. The van der Waals surface area contributed by atoms with Crippen LogP contribution in [0, 0.1) is 11.3 Å². The lowest BCUT2D eigenvalue weighted by Crippen LogP contribution is -2.29. The normalized spacial score (nSPS) is 11.3. The molecule has 4 nitrogen and oxygen atoms in total. The van der Waals surface area contributed by atoms with E-state index in [2.05, 4.69) is 41.3 Å². The Bertz CT molecular complexity index is 1030. The van der Waals surface area contributed by atoms with Gasteiger partial charge in [0.2, 0.25) is 0 Å². The minimum atomic E-state index is -0.551. The lowest BCUT2D eigenvalue weighted by molar-refractivity contribution is 0.0762. The third-order valence-corrected chi connectivity index (χ3v) is 4.89. The SMILES string of the molecule is CN(C)c1ccc2cc(-c3cccc(OC(C)(C)CCO)c3C#N)ccc2c1. The quantitative estimate of drug-likeness (QED) is 0.661. The van der Waals surface area contributed by atoms with Crippen molar-refractivity contribution < 1.29 is 9.84 Å². The van der Waals surface area contributed by atoms with Crippen LogP contribution in [0.4, 0.5) is 5.69 Å². The van der Waals surface area contributed by atoms with E-state index in [1.165, 1.54) is 0 Å². The van der Waals surface area contributed by atoms with Gasteiger partial charge < -0.3 is 14.7 Å². The van der Waals surface area contributed by atoms with Crippen molar-refractivity contribution in [2.24, 2.45) is 0 Å².